The lowest BCUT2D eigenvalue weighted by molar-refractivity contribution is -0.227. The number of nitrogens with two attached hydrogens (primary N) is 2. The van der Waals surface area contributed by atoms with Gasteiger partial charge in [-0.1, -0.05) is 49.6 Å². The van der Waals surface area contributed by atoms with Crippen LogP contribution in [0.25, 0.3) is 10.8 Å². The van der Waals surface area contributed by atoms with Gasteiger partial charge in [-0.15, -0.1) is 0 Å². The molecule has 4 aliphatic carbocycles. The highest BCUT2D eigenvalue weighted by atomic mass is 16.4. The summed E-state index contributed by atoms with van der Waals surface area (Å²) >= 11 is 0. The van der Waals surface area contributed by atoms with E-state index in [1.165, 1.54) is 17.2 Å². The number of carbonyl (C=O) groups is 3. The molecular weight excluding hydrogens is 825 g/mol. The van der Waals surface area contributed by atoms with Crippen molar-refractivity contribution in [1.29, 1.82) is 0 Å². The molecule has 12 atom stereocenters. The van der Waals surface area contributed by atoms with Crippen LogP contribution < -0.4 is 22.1 Å². The van der Waals surface area contributed by atoms with Crippen LogP contribution in [0.2, 0.25) is 0 Å². The Bertz CT molecular complexity index is 2210. The first-order valence-corrected chi connectivity index (χ1v) is 24.2. The number of aromatic nitrogens is 1. The first-order valence-electron chi connectivity index (χ1n) is 24.2. The summed E-state index contributed by atoms with van der Waals surface area (Å²) in [5, 5.41) is 65.0. The third kappa shape index (κ3) is 9.65. The summed E-state index contributed by atoms with van der Waals surface area (Å²) in [6.07, 6.45) is 14.5. The highest BCUT2D eigenvalue weighted by Crippen LogP contribution is 2.57. The van der Waals surface area contributed by atoms with Gasteiger partial charge in [-0.2, -0.15) is 0 Å². The number of aromatic amines is 1. The number of carboxylic acid groups (broad SMARTS) is 1. The zero-order valence-corrected chi connectivity index (χ0v) is 37.5. The molecule has 12 N–H and O–H groups in total. The van der Waals surface area contributed by atoms with Crippen LogP contribution in [0.5, 0.6) is 0 Å². The topological polar surface area (TPSA) is 257 Å². The van der Waals surface area contributed by atoms with Crippen molar-refractivity contribution < 1.29 is 39.9 Å². The first-order chi connectivity index (χ1) is 31.4. The van der Waals surface area contributed by atoms with E-state index in [9.17, 15) is 39.9 Å². The number of fused-ring (bicyclic) bond motifs is 6. The molecule has 2 aromatic carbocycles. The third-order valence-electron chi connectivity index (χ3n) is 16.4. The Hall–Kier alpha value is -4.60. The first kappa shape index (κ1) is 46.9. The Labute approximate surface area is 381 Å². The number of aliphatic hydroxyl groups excluding tert-OH is 2. The van der Waals surface area contributed by atoms with Gasteiger partial charge in [0.25, 0.3) is 0 Å². The molecule has 0 saturated heterocycles. The maximum atomic E-state index is 13.1. The van der Waals surface area contributed by atoms with Gasteiger partial charge in [-0.05, 0) is 152 Å². The molecule has 2 bridgehead atoms. The summed E-state index contributed by atoms with van der Waals surface area (Å²) in [4.78, 5) is 44.7. The van der Waals surface area contributed by atoms with Crippen molar-refractivity contribution in [3.05, 3.63) is 77.0 Å². The van der Waals surface area contributed by atoms with Gasteiger partial charge < -0.3 is 62.2 Å². The lowest BCUT2D eigenvalue weighted by Crippen LogP contribution is -2.72. The molecule has 3 fully saturated rings. The van der Waals surface area contributed by atoms with Crippen molar-refractivity contribution in [2.75, 3.05) is 11.9 Å². The monoisotopic (exact) mass is 895 g/mol. The van der Waals surface area contributed by atoms with Gasteiger partial charge in [0.2, 0.25) is 0 Å². The van der Waals surface area contributed by atoms with E-state index < -0.39 is 47.3 Å². The molecule has 5 aliphatic rings. The number of carboxylic acids is 1. The molecule has 0 radical (unpaired) electrons. The molecular formula is C51H70N6O8. The summed E-state index contributed by atoms with van der Waals surface area (Å²) in [6.45, 7) is 0.0594. The minimum absolute atomic E-state index is 0.0473. The number of nitrogens with zero attached hydrogens (tertiary/aromatic N) is 1. The number of aliphatic carboxylic acids is 1. The number of benzene rings is 2. The fourth-order valence-corrected chi connectivity index (χ4v) is 13.1. The van der Waals surface area contributed by atoms with E-state index >= 15 is 0 Å². The number of hydrogen-bond acceptors (Lipinski definition) is 12. The molecule has 14 heteroatoms. The molecule has 3 aromatic rings. The Balaban J connectivity index is 1.15. The van der Waals surface area contributed by atoms with E-state index in [2.05, 4.69) is 39.9 Å². The number of anilines is 1. The highest BCUT2D eigenvalue weighted by molar-refractivity contribution is 5.86. The number of H-pyrrole nitrogens is 1. The van der Waals surface area contributed by atoms with Crippen LogP contribution in [0, 0.1) is 23.7 Å². The van der Waals surface area contributed by atoms with E-state index in [0.717, 1.165) is 86.1 Å². The second kappa shape index (κ2) is 20.1. The van der Waals surface area contributed by atoms with Gasteiger partial charge in [0.1, 0.15) is 30.1 Å². The van der Waals surface area contributed by atoms with Crippen LogP contribution in [0.15, 0.2) is 65.3 Å². The lowest BCUT2D eigenvalue weighted by atomic mass is 9.56. The number of carbonyl (C=O) groups excluding carboxylic acids is 2. The second-order valence-corrected chi connectivity index (χ2v) is 20.1. The normalized spacial score (nSPS) is 30.8. The van der Waals surface area contributed by atoms with Gasteiger partial charge in [0.15, 0.2) is 5.96 Å². The van der Waals surface area contributed by atoms with Crippen molar-refractivity contribution >= 4 is 41.1 Å². The largest absolute Gasteiger partial charge is 0.478 e. The summed E-state index contributed by atoms with van der Waals surface area (Å²) in [5.41, 5.74) is 14.2. The average Bonchev–Trinajstić information content (AvgIpc) is 4.00. The van der Waals surface area contributed by atoms with Crippen LogP contribution in [-0.4, -0.2) is 103 Å². The van der Waals surface area contributed by atoms with Crippen molar-refractivity contribution in [2.24, 2.45) is 40.1 Å². The molecule has 1 aliphatic heterocycles. The number of aliphatic imine (C=N–C) groups is 1. The van der Waals surface area contributed by atoms with Crippen LogP contribution in [0.3, 0.4) is 0 Å². The molecule has 2 heterocycles. The maximum Gasteiger partial charge on any atom is 0.328 e. The quantitative estimate of drug-likeness (QED) is 0.0511. The molecule has 352 valence electrons. The van der Waals surface area contributed by atoms with Crippen LogP contribution in [-0.2, 0) is 20.8 Å². The zero-order valence-electron chi connectivity index (χ0n) is 37.5. The number of nitrogens with one attached hydrogen (secondary N) is 3. The summed E-state index contributed by atoms with van der Waals surface area (Å²) in [6, 6.07) is 12.6. The van der Waals surface area contributed by atoms with Gasteiger partial charge >= 0.3 is 5.97 Å². The van der Waals surface area contributed by atoms with Gasteiger partial charge in [-0.25, -0.2) is 9.79 Å². The predicted molar refractivity (Wildman–Crippen MR) is 250 cm³/mol. The van der Waals surface area contributed by atoms with Crippen molar-refractivity contribution in [2.45, 2.75) is 162 Å². The smallest absolute Gasteiger partial charge is 0.328 e. The number of aldehydes is 2. The van der Waals surface area contributed by atoms with Crippen molar-refractivity contribution in [1.82, 2.24) is 10.3 Å². The van der Waals surface area contributed by atoms with Gasteiger partial charge in [-0.3, -0.25) is 0 Å². The highest BCUT2D eigenvalue weighted by Gasteiger charge is 2.62. The zero-order chi connectivity index (χ0) is 45.9. The average molecular weight is 895 g/mol. The minimum atomic E-state index is -1.77. The van der Waals surface area contributed by atoms with Crippen LogP contribution in [0.4, 0.5) is 5.82 Å². The number of rotatable bonds is 20. The molecule has 14 nitrogen and oxygen atoms in total. The Morgan fingerprint density at radius 2 is 1.75 bits per heavy atom. The van der Waals surface area contributed by atoms with E-state index in [4.69, 9.17) is 16.5 Å². The van der Waals surface area contributed by atoms with Gasteiger partial charge in [0, 0.05) is 43.2 Å². The van der Waals surface area contributed by atoms with E-state index in [1.54, 1.807) is 0 Å². The predicted octanol–water partition coefficient (Wildman–Crippen LogP) is 5.33. The molecule has 65 heavy (non-hydrogen) atoms. The number of hydrogen-bond donors (Lipinski definition) is 10. The number of guanidine groups is 1. The van der Waals surface area contributed by atoms with Crippen LogP contribution in [0.1, 0.15) is 131 Å². The maximum absolute atomic E-state index is 13.1. The summed E-state index contributed by atoms with van der Waals surface area (Å²) < 4.78 is 0. The Morgan fingerprint density at radius 1 is 0.954 bits per heavy atom. The van der Waals surface area contributed by atoms with Crippen LogP contribution >= 0.6 is 0 Å². The molecule has 0 amide bonds. The second-order valence-electron chi connectivity index (χ2n) is 20.1. The molecule has 0 spiro atoms. The van der Waals surface area contributed by atoms with E-state index in [0.29, 0.717) is 62.9 Å². The minimum Gasteiger partial charge on any atom is -0.478 e. The van der Waals surface area contributed by atoms with E-state index in [-0.39, 0.29) is 48.7 Å². The third-order valence-corrected chi connectivity index (χ3v) is 16.4. The Morgan fingerprint density at radius 3 is 2.48 bits per heavy atom. The molecule has 1 aromatic heterocycles. The van der Waals surface area contributed by atoms with Crippen molar-refractivity contribution in [3.8, 4) is 0 Å². The molecule has 3 saturated carbocycles. The Kier molecular flexibility index (Phi) is 14.5. The van der Waals surface area contributed by atoms with Crippen molar-refractivity contribution in [3.63, 3.8) is 0 Å². The fourth-order valence-electron chi connectivity index (χ4n) is 13.1. The van der Waals surface area contributed by atoms with E-state index in [1.807, 2.05) is 24.4 Å². The fraction of sp³-hybridized carbons (Fsp3) is 0.608. The SMILES string of the molecule is NC1=NC(C(=CC(=O)O)C(Nc2ccc[nH]2)C2CCC3CC2C(CCCC(N)CCC(C=O)CCCO)c2cc4cc(CC=O)ccc4cc23)C2CCC(O)(C3(O)CCCC3)C(O)C2N1. The molecule has 8 rings (SSSR count). The standard InChI is InChI=1S/C51H70N6O8/c52-35(14-11-31(29-60)6-5-22-58)7-3-8-36-40-26-33(39-25-32-12-10-30(17-23-59)24-34(32)27-41(36)39)13-15-37(40)45(55-43-9-4-21-54-43)42(28-44(61)62)46-38-16-20-51(65,50(64)18-1-2-19-50)48(63)47(38)57-49(53)56-46/h4,9-10,12,21,23-25,27-29,31,33,35-38,40,45-48,54-55,58,63-65H,1-3,5-8,11,13-20,22,26,52H2,(H,61,62)(H3,53,56,57). The lowest BCUT2D eigenvalue weighted by Gasteiger charge is -2.55. The number of aliphatic hydroxyl groups is 4. The molecule has 12 unspecified atom stereocenters. The summed E-state index contributed by atoms with van der Waals surface area (Å²) in [5.74, 6) is -0.437. The summed E-state index contributed by atoms with van der Waals surface area (Å²) in [7, 11) is 0. The van der Waals surface area contributed by atoms with Gasteiger partial charge in [0.05, 0.1) is 23.7 Å².